The summed E-state index contributed by atoms with van der Waals surface area (Å²) < 4.78 is 33.4. The van der Waals surface area contributed by atoms with Crippen molar-refractivity contribution in [3.05, 3.63) is 78.5 Å². The number of benzene rings is 2. The van der Waals surface area contributed by atoms with E-state index in [1.807, 2.05) is 25.1 Å². The number of nitrogens with zero attached hydrogens (tertiary/aromatic N) is 3. The van der Waals surface area contributed by atoms with E-state index in [1.54, 1.807) is 47.5 Å². The van der Waals surface area contributed by atoms with Crippen molar-refractivity contribution in [2.24, 2.45) is 0 Å². The maximum Gasteiger partial charge on any atom is 0.261 e. The van der Waals surface area contributed by atoms with Crippen LogP contribution >= 0.6 is 0 Å². The Hall–Kier alpha value is -3.59. The van der Waals surface area contributed by atoms with Crippen LogP contribution in [-0.4, -0.2) is 57.0 Å². The van der Waals surface area contributed by atoms with Gasteiger partial charge in [-0.1, -0.05) is 6.07 Å². The first kappa shape index (κ1) is 22.6. The summed E-state index contributed by atoms with van der Waals surface area (Å²) in [6.07, 6.45) is 1.76. The molecule has 2 heterocycles. The third-order valence-electron chi connectivity index (χ3n) is 5.37. The molecule has 4 rings (SSSR count). The summed E-state index contributed by atoms with van der Waals surface area (Å²) in [5.41, 5.74) is 0.894. The van der Waals surface area contributed by atoms with E-state index in [0.717, 1.165) is 5.82 Å². The maximum atomic E-state index is 12.9. The molecule has 3 aromatic rings. The SMILES string of the molecule is CCOc1ccc(NS(=O)(=O)c2ccc(C(=O)N3CCN(c4ccccn4)CC3)cc2)cc1. The number of pyridine rings is 1. The van der Waals surface area contributed by atoms with Crippen LogP contribution in [0, 0.1) is 0 Å². The third kappa shape index (κ3) is 5.43. The number of piperazine rings is 1. The lowest BCUT2D eigenvalue weighted by atomic mass is 10.2. The number of aromatic nitrogens is 1. The Balaban J connectivity index is 1.37. The van der Waals surface area contributed by atoms with Crippen molar-refractivity contribution in [1.82, 2.24) is 9.88 Å². The molecule has 33 heavy (non-hydrogen) atoms. The lowest BCUT2D eigenvalue weighted by Gasteiger charge is -2.35. The molecule has 0 atom stereocenters. The molecule has 1 saturated heterocycles. The Morgan fingerprint density at radius 3 is 2.27 bits per heavy atom. The van der Waals surface area contributed by atoms with Gasteiger partial charge in [0.25, 0.3) is 15.9 Å². The van der Waals surface area contributed by atoms with Gasteiger partial charge in [0.2, 0.25) is 0 Å². The number of ether oxygens (including phenoxy) is 1. The Labute approximate surface area is 193 Å². The smallest absolute Gasteiger partial charge is 0.261 e. The van der Waals surface area contributed by atoms with Gasteiger partial charge in [-0.2, -0.15) is 0 Å². The summed E-state index contributed by atoms with van der Waals surface area (Å²) in [5, 5.41) is 0. The van der Waals surface area contributed by atoms with E-state index in [1.165, 1.54) is 12.1 Å². The number of carbonyl (C=O) groups is 1. The predicted octanol–water partition coefficient (Wildman–Crippen LogP) is 3.24. The molecule has 0 radical (unpaired) electrons. The number of rotatable bonds is 7. The van der Waals surface area contributed by atoms with E-state index >= 15 is 0 Å². The molecule has 8 nitrogen and oxygen atoms in total. The van der Waals surface area contributed by atoms with Gasteiger partial charge in [0.05, 0.1) is 11.5 Å². The number of hydrogen-bond donors (Lipinski definition) is 1. The van der Waals surface area contributed by atoms with E-state index in [4.69, 9.17) is 4.74 Å². The van der Waals surface area contributed by atoms with Crippen LogP contribution in [0.5, 0.6) is 5.75 Å². The minimum Gasteiger partial charge on any atom is -0.494 e. The number of nitrogens with one attached hydrogen (secondary N) is 1. The molecule has 1 aliphatic heterocycles. The molecule has 9 heteroatoms. The van der Waals surface area contributed by atoms with Gasteiger partial charge in [-0.15, -0.1) is 0 Å². The van der Waals surface area contributed by atoms with Gasteiger partial charge in [-0.3, -0.25) is 9.52 Å². The second-order valence-electron chi connectivity index (χ2n) is 7.55. The summed E-state index contributed by atoms with van der Waals surface area (Å²) in [7, 11) is -3.77. The average molecular weight is 467 g/mol. The molecule has 1 aromatic heterocycles. The number of anilines is 2. The molecule has 2 aromatic carbocycles. The number of carbonyl (C=O) groups excluding carboxylic acids is 1. The fourth-order valence-corrected chi connectivity index (χ4v) is 4.70. The molecular formula is C24H26N4O4S. The van der Waals surface area contributed by atoms with Gasteiger partial charge in [0, 0.05) is 43.6 Å². The molecule has 172 valence electrons. The monoisotopic (exact) mass is 466 g/mol. The Morgan fingerprint density at radius 1 is 0.970 bits per heavy atom. The average Bonchev–Trinajstić information content (AvgIpc) is 2.85. The first-order chi connectivity index (χ1) is 16.0. The zero-order chi connectivity index (χ0) is 23.3. The fraction of sp³-hybridized carbons (Fsp3) is 0.250. The van der Waals surface area contributed by atoms with E-state index in [2.05, 4.69) is 14.6 Å². The van der Waals surface area contributed by atoms with Gasteiger partial charge in [0.1, 0.15) is 11.6 Å². The van der Waals surface area contributed by atoms with Crippen LogP contribution in [0.4, 0.5) is 11.5 Å². The van der Waals surface area contributed by atoms with Gasteiger partial charge in [-0.05, 0) is 67.6 Å². The fourth-order valence-electron chi connectivity index (χ4n) is 3.64. The molecule has 1 aliphatic rings. The molecule has 1 amide bonds. The lowest BCUT2D eigenvalue weighted by molar-refractivity contribution is 0.0746. The third-order valence-corrected chi connectivity index (χ3v) is 6.77. The quantitative estimate of drug-likeness (QED) is 0.575. The van der Waals surface area contributed by atoms with Crippen molar-refractivity contribution in [3.8, 4) is 5.75 Å². The minimum atomic E-state index is -3.77. The van der Waals surface area contributed by atoms with E-state index in [9.17, 15) is 13.2 Å². The van der Waals surface area contributed by atoms with E-state index in [0.29, 0.717) is 49.8 Å². The van der Waals surface area contributed by atoms with E-state index < -0.39 is 10.0 Å². The van der Waals surface area contributed by atoms with Crippen molar-refractivity contribution >= 4 is 27.4 Å². The predicted molar refractivity (Wildman–Crippen MR) is 127 cm³/mol. The Bertz CT molecular complexity index is 1180. The van der Waals surface area contributed by atoms with Crippen LogP contribution in [0.1, 0.15) is 17.3 Å². The topological polar surface area (TPSA) is 91.8 Å². The summed E-state index contributed by atoms with van der Waals surface area (Å²) in [5.74, 6) is 1.46. The van der Waals surface area contributed by atoms with Crippen molar-refractivity contribution < 1.29 is 17.9 Å². The Kier molecular flexibility index (Phi) is 6.79. The summed E-state index contributed by atoms with van der Waals surface area (Å²) in [6.45, 7) is 4.97. The first-order valence-electron chi connectivity index (χ1n) is 10.8. The molecule has 1 fully saturated rings. The van der Waals surface area contributed by atoms with Gasteiger partial charge in [0.15, 0.2) is 0 Å². The van der Waals surface area contributed by atoms with Gasteiger partial charge < -0.3 is 14.5 Å². The lowest BCUT2D eigenvalue weighted by Crippen LogP contribution is -2.49. The van der Waals surface area contributed by atoms with Crippen LogP contribution in [0.2, 0.25) is 0 Å². The van der Waals surface area contributed by atoms with Crippen LogP contribution < -0.4 is 14.4 Å². The maximum absolute atomic E-state index is 12.9. The highest BCUT2D eigenvalue weighted by atomic mass is 32.2. The Morgan fingerprint density at radius 2 is 1.67 bits per heavy atom. The van der Waals surface area contributed by atoms with Gasteiger partial charge in [-0.25, -0.2) is 13.4 Å². The highest BCUT2D eigenvalue weighted by Crippen LogP contribution is 2.21. The highest BCUT2D eigenvalue weighted by molar-refractivity contribution is 7.92. The normalized spacial score (nSPS) is 14.1. The number of amides is 1. The van der Waals surface area contributed by atoms with Crippen LogP contribution in [0.15, 0.2) is 77.8 Å². The molecule has 0 spiro atoms. The van der Waals surface area contributed by atoms with Crippen molar-refractivity contribution in [2.45, 2.75) is 11.8 Å². The second kappa shape index (κ2) is 9.91. The molecule has 0 unspecified atom stereocenters. The second-order valence-corrected chi connectivity index (χ2v) is 9.24. The zero-order valence-corrected chi connectivity index (χ0v) is 19.2. The molecule has 0 saturated carbocycles. The molecule has 1 N–H and O–H groups in total. The minimum absolute atomic E-state index is 0.0907. The molecule has 0 aliphatic carbocycles. The molecule has 0 bridgehead atoms. The number of hydrogen-bond acceptors (Lipinski definition) is 6. The first-order valence-corrected chi connectivity index (χ1v) is 12.3. The molecular weight excluding hydrogens is 440 g/mol. The van der Waals surface area contributed by atoms with Crippen LogP contribution in [-0.2, 0) is 10.0 Å². The van der Waals surface area contributed by atoms with E-state index in [-0.39, 0.29) is 10.8 Å². The summed E-state index contributed by atoms with van der Waals surface area (Å²) in [6, 6.07) is 18.5. The van der Waals surface area contributed by atoms with Crippen LogP contribution in [0.3, 0.4) is 0 Å². The van der Waals surface area contributed by atoms with Crippen molar-refractivity contribution in [1.29, 1.82) is 0 Å². The van der Waals surface area contributed by atoms with Gasteiger partial charge >= 0.3 is 0 Å². The largest absolute Gasteiger partial charge is 0.494 e. The number of sulfonamides is 1. The van der Waals surface area contributed by atoms with Crippen LogP contribution in [0.25, 0.3) is 0 Å². The van der Waals surface area contributed by atoms with Crippen molar-refractivity contribution in [3.63, 3.8) is 0 Å². The zero-order valence-electron chi connectivity index (χ0n) is 18.3. The highest BCUT2D eigenvalue weighted by Gasteiger charge is 2.23. The standard InChI is InChI=1S/C24H26N4O4S/c1-2-32-21-10-8-20(9-11-21)26-33(30,31)22-12-6-19(7-13-22)24(29)28-17-15-27(16-18-28)23-5-3-4-14-25-23/h3-14,26H,2,15-18H2,1H3. The summed E-state index contributed by atoms with van der Waals surface area (Å²) >= 11 is 0. The van der Waals surface area contributed by atoms with Crippen molar-refractivity contribution in [2.75, 3.05) is 42.4 Å². The summed E-state index contributed by atoms with van der Waals surface area (Å²) in [4.78, 5) is 21.3.